The van der Waals surface area contributed by atoms with E-state index in [1.54, 1.807) is 0 Å². The van der Waals surface area contributed by atoms with Gasteiger partial charge in [0.15, 0.2) is 0 Å². The lowest BCUT2D eigenvalue weighted by Crippen LogP contribution is -1.75. The Balaban J connectivity index is 0.000000404. The molecule has 1 nitrogen and oxygen atoms in total. The molecule has 1 aromatic heterocycles. The Kier molecular flexibility index (Phi) is 3.37. The quantitative estimate of drug-likeness (QED) is 0.789. The average molecular weight is 219 g/mol. The summed E-state index contributed by atoms with van der Waals surface area (Å²) in [6.45, 7) is 4.00. The highest BCUT2D eigenvalue weighted by Crippen LogP contribution is 2.39. The van der Waals surface area contributed by atoms with Crippen molar-refractivity contribution in [1.82, 2.24) is 4.98 Å². The minimum absolute atomic E-state index is 0.899. The van der Waals surface area contributed by atoms with Gasteiger partial charge in [-0.2, -0.15) is 0 Å². The fraction of sp³-hybridized carbons (Fsp3) is 0.385. The van der Waals surface area contributed by atoms with Crippen molar-refractivity contribution in [3.8, 4) is 0 Å². The van der Waals surface area contributed by atoms with Gasteiger partial charge in [-0.1, -0.05) is 13.8 Å². The molecule has 80 valence electrons. The lowest BCUT2D eigenvalue weighted by Gasteiger charge is -1.98. The van der Waals surface area contributed by atoms with E-state index in [-0.39, 0.29) is 0 Å². The predicted molar refractivity (Wildman–Crippen MR) is 68.5 cm³/mol. The van der Waals surface area contributed by atoms with Gasteiger partial charge in [-0.3, -0.25) is 0 Å². The molecule has 15 heavy (non-hydrogen) atoms. The smallest absolute Gasteiger partial charge is 0.0454 e. The molecule has 1 aliphatic carbocycles. The van der Waals surface area contributed by atoms with Crippen molar-refractivity contribution in [3.05, 3.63) is 30.5 Å². The highest BCUT2D eigenvalue weighted by molar-refractivity contribution is 8.00. The molecule has 0 radical (unpaired) electrons. The zero-order valence-electron chi connectivity index (χ0n) is 9.29. The Labute approximate surface area is 95.3 Å². The van der Waals surface area contributed by atoms with Gasteiger partial charge in [-0.25, -0.2) is 0 Å². The summed E-state index contributed by atoms with van der Waals surface area (Å²) < 4.78 is 0. The summed E-state index contributed by atoms with van der Waals surface area (Å²) >= 11 is 2.01. The van der Waals surface area contributed by atoms with Gasteiger partial charge in [0, 0.05) is 27.2 Å². The minimum Gasteiger partial charge on any atom is -0.361 e. The summed E-state index contributed by atoms with van der Waals surface area (Å²) in [6.07, 6.45) is 4.79. The van der Waals surface area contributed by atoms with Crippen molar-refractivity contribution >= 4 is 22.7 Å². The topological polar surface area (TPSA) is 15.8 Å². The third-order valence-electron chi connectivity index (χ3n) is 2.35. The maximum Gasteiger partial charge on any atom is 0.0454 e. The van der Waals surface area contributed by atoms with Gasteiger partial charge < -0.3 is 4.98 Å². The molecule has 0 aliphatic heterocycles. The molecule has 0 spiro atoms. The number of H-pyrrole nitrogens is 1. The van der Waals surface area contributed by atoms with Crippen molar-refractivity contribution in [2.75, 3.05) is 0 Å². The maximum atomic E-state index is 3.21. The molecule has 3 rings (SSSR count). The monoisotopic (exact) mass is 219 g/mol. The largest absolute Gasteiger partial charge is 0.361 e. The Bertz CT molecular complexity index is 429. The van der Waals surface area contributed by atoms with E-state index < -0.39 is 0 Å². The molecular weight excluding hydrogens is 202 g/mol. The molecular formula is C13H17NS. The van der Waals surface area contributed by atoms with Crippen LogP contribution in [-0.2, 0) is 0 Å². The summed E-state index contributed by atoms with van der Waals surface area (Å²) in [5.74, 6) is 0. The first-order valence-corrected chi connectivity index (χ1v) is 6.53. The third kappa shape index (κ3) is 2.57. The molecule has 1 aliphatic rings. The second kappa shape index (κ2) is 4.75. The molecule has 1 aromatic carbocycles. The van der Waals surface area contributed by atoms with Gasteiger partial charge in [0.1, 0.15) is 0 Å². The molecule has 1 heterocycles. The molecule has 0 unspecified atom stereocenters. The number of hydrogen-bond donors (Lipinski definition) is 1. The van der Waals surface area contributed by atoms with Crippen LogP contribution < -0.4 is 0 Å². The van der Waals surface area contributed by atoms with Crippen LogP contribution in [0.4, 0.5) is 0 Å². The van der Waals surface area contributed by atoms with Crippen molar-refractivity contribution in [3.63, 3.8) is 0 Å². The highest BCUT2D eigenvalue weighted by atomic mass is 32.2. The number of aromatic amines is 1. The van der Waals surface area contributed by atoms with E-state index in [1.807, 2.05) is 31.8 Å². The zero-order chi connectivity index (χ0) is 10.7. The van der Waals surface area contributed by atoms with Gasteiger partial charge in [0.05, 0.1) is 0 Å². The first-order chi connectivity index (χ1) is 7.42. The van der Waals surface area contributed by atoms with E-state index in [2.05, 4.69) is 29.2 Å². The van der Waals surface area contributed by atoms with Crippen LogP contribution in [0.2, 0.25) is 0 Å². The van der Waals surface area contributed by atoms with E-state index in [1.165, 1.54) is 28.6 Å². The summed E-state index contributed by atoms with van der Waals surface area (Å²) in [5, 5.41) is 2.22. The van der Waals surface area contributed by atoms with Gasteiger partial charge in [0.25, 0.3) is 0 Å². The molecule has 0 amide bonds. The van der Waals surface area contributed by atoms with Crippen LogP contribution in [0.25, 0.3) is 10.9 Å². The molecule has 1 saturated carbocycles. The van der Waals surface area contributed by atoms with E-state index in [0.29, 0.717) is 0 Å². The Morgan fingerprint density at radius 1 is 1.20 bits per heavy atom. The number of nitrogens with one attached hydrogen (secondary N) is 1. The van der Waals surface area contributed by atoms with Crippen LogP contribution in [0.5, 0.6) is 0 Å². The van der Waals surface area contributed by atoms with Crippen LogP contribution in [0.15, 0.2) is 35.4 Å². The van der Waals surface area contributed by atoms with Crippen LogP contribution in [0.1, 0.15) is 26.7 Å². The molecule has 0 bridgehead atoms. The van der Waals surface area contributed by atoms with Crippen LogP contribution in [0.3, 0.4) is 0 Å². The van der Waals surface area contributed by atoms with Gasteiger partial charge >= 0.3 is 0 Å². The van der Waals surface area contributed by atoms with Gasteiger partial charge in [-0.05, 0) is 37.1 Å². The van der Waals surface area contributed by atoms with Gasteiger partial charge in [0.2, 0.25) is 0 Å². The van der Waals surface area contributed by atoms with E-state index in [4.69, 9.17) is 0 Å². The molecule has 2 heteroatoms. The first kappa shape index (κ1) is 10.6. The van der Waals surface area contributed by atoms with Crippen molar-refractivity contribution in [2.45, 2.75) is 36.8 Å². The number of aromatic nitrogens is 1. The summed E-state index contributed by atoms with van der Waals surface area (Å²) in [7, 11) is 0. The lowest BCUT2D eigenvalue weighted by atomic mass is 10.2. The predicted octanol–water partition coefficient (Wildman–Crippen LogP) is 4.45. The highest BCUT2D eigenvalue weighted by Gasteiger charge is 2.22. The fourth-order valence-electron chi connectivity index (χ4n) is 1.48. The number of thioether (sulfide) groups is 1. The third-order valence-corrected chi connectivity index (χ3v) is 3.68. The standard InChI is InChI=1S/C11H11NS.C2H6/c1-2-9(1)13-10-3-4-11-8(7-10)5-6-12-11;1-2/h3-7,9,12H,1-2H2;1-2H3. The van der Waals surface area contributed by atoms with Crippen molar-refractivity contribution in [2.24, 2.45) is 0 Å². The summed E-state index contributed by atoms with van der Waals surface area (Å²) in [4.78, 5) is 4.62. The Morgan fingerprint density at radius 3 is 2.73 bits per heavy atom. The molecule has 0 atom stereocenters. The molecule has 1 N–H and O–H groups in total. The summed E-state index contributed by atoms with van der Waals surface area (Å²) in [6, 6.07) is 8.78. The first-order valence-electron chi connectivity index (χ1n) is 5.66. The Hall–Kier alpha value is -0.890. The maximum absolute atomic E-state index is 3.21. The molecule has 0 saturated heterocycles. The lowest BCUT2D eigenvalue weighted by molar-refractivity contribution is 1.43. The van der Waals surface area contributed by atoms with Crippen molar-refractivity contribution in [1.29, 1.82) is 0 Å². The number of rotatable bonds is 2. The van der Waals surface area contributed by atoms with Gasteiger partial charge in [-0.15, -0.1) is 11.8 Å². The van der Waals surface area contributed by atoms with Crippen molar-refractivity contribution < 1.29 is 0 Å². The van der Waals surface area contributed by atoms with Crippen LogP contribution in [-0.4, -0.2) is 10.2 Å². The SMILES string of the molecule is CC.c1cc2cc(SC3CC3)ccc2[nH]1. The molecule has 2 aromatic rings. The number of benzene rings is 1. The van der Waals surface area contributed by atoms with Crippen LogP contribution in [0, 0.1) is 0 Å². The van der Waals surface area contributed by atoms with E-state index in [9.17, 15) is 0 Å². The number of fused-ring (bicyclic) bond motifs is 1. The summed E-state index contributed by atoms with van der Waals surface area (Å²) in [5.41, 5.74) is 1.24. The van der Waals surface area contributed by atoms with E-state index >= 15 is 0 Å². The average Bonchev–Trinajstić information content (AvgIpc) is 2.97. The second-order valence-electron chi connectivity index (χ2n) is 3.54. The molecule has 1 fully saturated rings. The van der Waals surface area contributed by atoms with Crippen LogP contribution >= 0.6 is 11.8 Å². The second-order valence-corrected chi connectivity index (χ2v) is 4.92. The normalized spacial score (nSPS) is 14.8. The zero-order valence-corrected chi connectivity index (χ0v) is 10.1. The Morgan fingerprint density at radius 2 is 2.00 bits per heavy atom. The number of hydrogen-bond acceptors (Lipinski definition) is 1. The van der Waals surface area contributed by atoms with E-state index in [0.717, 1.165) is 5.25 Å². The minimum atomic E-state index is 0.899. The fourth-order valence-corrected chi connectivity index (χ4v) is 2.58.